The lowest BCUT2D eigenvalue weighted by atomic mass is 9.99. The molecule has 2 N–H and O–H groups in total. The number of nitriles is 1. The predicted molar refractivity (Wildman–Crippen MR) is 54.1 cm³/mol. The van der Waals surface area contributed by atoms with Gasteiger partial charge in [-0.2, -0.15) is 5.26 Å². The van der Waals surface area contributed by atoms with Gasteiger partial charge in [0.1, 0.15) is 0 Å². The minimum Gasteiger partial charge on any atom is -0.481 e. The molecule has 1 rings (SSSR count). The molecule has 0 aliphatic heterocycles. The van der Waals surface area contributed by atoms with Crippen molar-refractivity contribution in [1.29, 1.82) is 5.26 Å². The van der Waals surface area contributed by atoms with Gasteiger partial charge in [0.05, 0.1) is 24.5 Å². The Labute approximate surface area is 91.6 Å². The zero-order chi connectivity index (χ0) is 12.1. The van der Waals surface area contributed by atoms with E-state index in [1.807, 2.05) is 6.07 Å². The second-order valence-electron chi connectivity index (χ2n) is 3.19. The van der Waals surface area contributed by atoms with Crippen LogP contribution in [-0.4, -0.2) is 22.2 Å². The highest BCUT2D eigenvalue weighted by atomic mass is 16.4. The summed E-state index contributed by atoms with van der Waals surface area (Å²) < 4.78 is 0. The Kier molecular flexibility index (Phi) is 3.62. The van der Waals surface area contributed by atoms with E-state index in [1.54, 1.807) is 0 Å². The summed E-state index contributed by atoms with van der Waals surface area (Å²) in [6, 6.07) is 6.04. The van der Waals surface area contributed by atoms with E-state index in [4.69, 9.17) is 15.5 Å². The van der Waals surface area contributed by atoms with Gasteiger partial charge in [-0.3, -0.25) is 4.79 Å². The Morgan fingerprint density at radius 3 is 2.44 bits per heavy atom. The van der Waals surface area contributed by atoms with Gasteiger partial charge in [-0.05, 0) is 23.3 Å². The highest BCUT2D eigenvalue weighted by Crippen LogP contribution is 2.14. The first-order valence-electron chi connectivity index (χ1n) is 4.48. The molecular formula is C11H9NO4. The average Bonchev–Trinajstić information content (AvgIpc) is 2.19. The second kappa shape index (κ2) is 4.94. The van der Waals surface area contributed by atoms with Crippen molar-refractivity contribution in [1.82, 2.24) is 0 Å². The lowest BCUT2D eigenvalue weighted by Crippen LogP contribution is -2.06. The van der Waals surface area contributed by atoms with Gasteiger partial charge in [-0.15, -0.1) is 0 Å². The van der Waals surface area contributed by atoms with Crippen LogP contribution in [-0.2, 0) is 17.6 Å². The number of hydrogen-bond acceptors (Lipinski definition) is 3. The standard InChI is InChI=1S/C11H9NO4/c12-4-3-7-1-2-8(11(15)16)5-9(7)6-10(13)14/h1-2,5H,3,6H2,(H,13,14)(H,15,16). The summed E-state index contributed by atoms with van der Waals surface area (Å²) in [5.41, 5.74) is 0.946. The Morgan fingerprint density at radius 2 is 1.94 bits per heavy atom. The van der Waals surface area contributed by atoms with Gasteiger partial charge in [0.25, 0.3) is 0 Å². The first kappa shape index (κ1) is 11.7. The van der Waals surface area contributed by atoms with Gasteiger partial charge < -0.3 is 10.2 Å². The van der Waals surface area contributed by atoms with Crippen molar-refractivity contribution in [3.63, 3.8) is 0 Å². The smallest absolute Gasteiger partial charge is 0.335 e. The molecule has 5 heteroatoms. The predicted octanol–water partition coefficient (Wildman–Crippen LogP) is 1.08. The number of benzene rings is 1. The molecule has 16 heavy (non-hydrogen) atoms. The van der Waals surface area contributed by atoms with Crippen LogP contribution in [0.4, 0.5) is 0 Å². The van der Waals surface area contributed by atoms with E-state index in [2.05, 4.69) is 0 Å². The van der Waals surface area contributed by atoms with E-state index in [1.165, 1.54) is 18.2 Å². The molecule has 0 heterocycles. The molecule has 0 spiro atoms. The molecule has 0 saturated heterocycles. The number of carbonyl (C=O) groups is 2. The number of hydrogen-bond donors (Lipinski definition) is 2. The van der Waals surface area contributed by atoms with Crippen molar-refractivity contribution < 1.29 is 19.8 Å². The fraction of sp³-hybridized carbons (Fsp3) is 0.182. The minimum atomic E-state index is -1.12. The summed E-state index contributed by atoms with van der Waals surface area (Å²) in [7, 11) is 0. The van der Waals surface area contributed by atoms with Crippen LogP contribution in [0, 0.1) is 11.3 Å². The molecule has 0 aliphatic rings. The SMILES string of the molecule is N#CCc1ccc(C(=O)O)cc1CC(=O)O. The highest BCUT2D eigenvalue weighted by Gasteiger charge is 2.10. The van der Waals surface area contributed by atoms with Gasteiger partial charge in [-0.1, -0.05) is 6.07 Å². The maximum Gasteiger partial charge on any atom is 0.335 e. The normalized spacial score (nSPS) is 9.44. The number of carboxylic acid groups (broad SMARTS) is 2. The maximum atomic E-state index is 10.7. The maximum absolute atomic E-state index is 10.7. The van der Waals surface area contributed by atoms with Crippen LogP contribution in [0.3, 0.4) is 0 Å². The molecule has 0 bridgehead atoms. The zero-order valence-electron chi connectivity index (χ0n) is 8.30. The molecule has 5 nitrogen and oxygen atoms in total. The molecule has 0 aromatic heterocycles. The summed E-state index contributed by atoms with van der Waals surface area (Å²) in [4.78, 5) is 21.3. The molecule has 0 fully saturated rings. The third-order valence-corrected chi connectivity index (χ3v) is 2.06. The molecule has 1 aromatic rings. The van der Waals surface area contributed by atoms with Crippen LogP contribution < -0.4 is 0 Å². The molecule has 0 saturated carbocycles. The van der Waals surface area contributed by atoms with Crippen LogP contribution in [0.25, 0.3) is 0 Å². The zero-order valence-corrected chi connectivity index (χ0v) is 8.30. The van der Waals surface area contributed by atoms with Gasteiger partial charge in [0.15, 0.2) is 0 Å². The number of aliphatic carboxylic acids is 1. The third kappa shape index (κ3) is 2.82. The van der Waals surface area contributed by atoms with Gasteiger partial charge in [0.2, 0.25) is 0 Å². The largest absolute Gasteiger partial charge is 0.481 e. The van der Waals surface area contributed by atoms with Gasteiger partial charge in [0, 0.05) is 0 Å². The number of aromatic carboxylic acids is 1. The van der Waals surface area contributed by atoms with Crippen molar-refractivity contribution >= 4 is 11.9 Å². The summed E-state index contributed by atoms with van der Waals surface area (Å²) in [5.74, 6) is -2.17. The van der Waals surface area contributed by atoms with E-state index in [9.17, 15) is 9.59 Å². The van der Waals surface area contributed by atoms with Crippen LogP contribution in [0.15, 0.2) is 18.2 Å². The summed E-state index contributed by atoms with van der Waals surface area (Å²) in [5, 5.41) is 26.0. The quantitative estimate of drug-likeness (QED) is 0.789. The fourth-order valence-corrected chi connectivity index (χ4v) is 1.34. The van der Waals surface area contributed by atoms with Crippen LogP contribution in [0.5, 0.6) is 0 Å². The topological polar surface area (TPSA) is 98.4 Å². The molecule has 82 valence electrons. The Balaban J connectivity index is 3.16. The number of carboxylic acids is 2. The lowest BCUT2D eigenvalue weighted by molar-refractivity contribution is -0.136. The Bertz CT molecular complexity index is 473. The minimum absolute atomic E-state index is 0.0259. The third-order valence-electron chi connectivity index (χ3n) is 2.06. The van der Waals surface area contributed by atoms with Gasteiger partial charge >= 0.3 is 11.9 Å². The molecule has 0 unspecified atom stereocenters. The van der Waals surface area contributed by atoms with E-state index in [-0.39, 0.29) is 18.4 Å². The van der Waals surface area contributed by atoms with E-state index in [0.29, 0.717) is 11.1 Å². The Morgan fingerprint density at radius 1 is 1.25 bits per heavy atom. The number of rotatable bonds is 4. The van der Waals surface area contributed by atoms with Crippen molar-refractivity contribution in [3.8, 4) is 6.07 Å². The Hall–Kier alpha value is -2.35. The summed E-state index contributed by atoms with van der Waals surface area (Å²) in [6.07, 6.45) is -0.208. The van der Waals surface area contributed by atoms with E-state index < -0.39 is 11.9 Å². The number of nitrogens with zero attached hydrogens (tertiary/aromatic N) is 1. The molecule has 0 aliphatic carbocycles. The fourth-order valence-electron chi connectivity index (χ4n) is 1.34. The van der Waals surface area contributed by atoms with Crippen molar-refractivity contribution in [2.75, 3.05) is 0 Å². The van der Waals surface area contributed by atoms with Crippen LogP contribution in [0.1, 0.15) is 21.5 Å². The second-order valence-corrected chi connectivity index (χ2v) is 3.19. The van der Waals surface area contributed by atoms with Gasteiger partial charge in [-0.25, -0.2) is 4.79 Å². The van der Waals surface area contributed by atoms with Crippen molar-refractivity contribution in [2.45, 2.75) is 12.8 Å². The molecule has 0 atom stereocenters. The van der Waals surface area contributed by atoms with Crippen molar-refractivity contribution in [2.24, 2.45) is 0 Å². The van der Waals surface area contributed by atoms with Crippen LogP contribution in [0.2, 0.25) is 0 Å². The van der Waals surface area contributed by atoms with Crippen molar-refractivity contribution in [3.05, 3.63) is 34.9 Å². The molecular weight excluding hydrogens is 210 g/mol. The first-order chi connectivity index (χ1) is 7.54. The summed E-state index contributed by atoms with van der Waals surface area (Å²) in [6.45, 7) is 0. The molecule has 0 amide bonds. The first-order valence-corrected chi connectivity index (χ1v) is 4.48. The molecule has 1 aromatic carbocycles. The van der Waals surface area contributed by atoms with E-state index >= 15 is 0 Å². The summed E-state index contributed by atoms with van der Waals surface area (Å²) >= 11 is 0. The monoisotopic (exact) mass is 219 g/mol. The van der Waals surface area contributed by atoms with Crippen LogP contribution >= 0.6 is 0 Å². The molecule has 0 radical (unpaired) electrons. The lowest BCUT2D eigenvalue weighted by Gasteiger charge is -2.05. The van der Waals surface area contributed by atoms with E-state index in [0.717, 1.165) is 0 Å². The highest BCUT2D eigenvalue weighted by molar-refractivity contribution is 5.88. The average molecular weight is 219 g/mol.